The van der Waals surface area contributed by atoms with Gasteiger partial charge in [-0.1, -0.05) is 11.6 Å². The molecule has 3 heteroatoms. The van der Waals surface area contributed by atoms with Gasteiger partial charge in [0.15, 0.2) is 0 Å². The lowest BCUT2D eigenvalue weighted by Gasteiger charge is -2.09. The third kappa shape index (κ3) is 1.30. The quantitative estimate of drug-likeness (QED) is 0.746. The summed E-state index contributed by atoms with van der Waals surface area (Å²) < 4.78 is 5.19. The van der Waals surface area contributed by atoms with Gasteiger partial charge in [0, 0.05) is 13.1 Å². The van der Waals surface area contributed by atoms with E-state index in [0.29, 0.717) is 0 Å². The summed E-state index contributed by atoms with van der Waals surface area (Å²) in [6.45, 7) is 3.86. The van der Waals surface area contributed by atoms with Crippen LogP contribution in [0, 0.1) is 6.92 Å². The van der Waals surface area contributed by atoms with Gasteiger partial charge >= 0.3 is 0 Å². The molecule has 0 bridgehead atoms. The van der Waals surface area contributed by atoms with Crippen LogP contribution in [0.25, 0.3) is 0 Å². The molecule has 0 fully saturated rings. The molecule has 1 heterocycles. The van der Waals surface area contributed by atoms with Crippen LogP contribution in [0.5, 0.6) is 5.75 Å². The van der Waals surface area contributed by atoms with Crippen molar-refractivity contribution < 1.29 is 4.74 Å². The molecule has 13 heavy (non-hydrogen) atoms. The first-order chi connectivity index (χ1) is 6.24. The second-order valence-corrected chi connectivity index (χ2v) is 3.65. The van der Waals surface area contributed by atoms with Crippen molar-refractivity contribution in [2.24, 2.45) is 0 Å². The largest absolute Gasteiger partial charge is 0.495 e. The van der Waals surface area contributed by atoms with E-state index < -0.39 is 0 Å². The fourth-order valence-electron chi connectivity index (χ4n) is 1.76. The smallest absolute Gasteiger partial charge is 0.138 e. The van der Waals surface area contributed by atoms with Crippen LogP contribution in [0.3, 0.4) is 0 Å². The van der Waals surface area contributed by atoms with Gasteiger partial charge in [0.25, 0.3) is 0 Å². The molecule has 0 saturated heterocycles. The molecule has 1 aliphatic heterocycles. The summed E-state index contributed by atoms with van der Waals surface area (Å²) in [4.78, 5) is 0. The number of aryl methyl sites for hydroxylation is 1. The van der Waals surface area contributed by atoms with Crippen LogP contribution in [0.4, 0.5) is 0 Å². The van der Waals surface area contributed by atoms with Gasteiger partial charge in [-0.25, -0.2) is 0 Å². The Bertz CT molecular complexity index is 349. The molecule has 0 amide bonds. The average Bonchev–Trinajstić information content (AvgIpc) is 2.60. The van der Waals surface area contributed by atoms with Crippen molar-refractivity contribution >= 4 is 11.6 Å². The van der Waals surface area contributed by atoms with E-state index in [4.69, 9.17) is 16.3 Å². The Labute approximate surface area is 82.9 Å². The number of methoxy groups -OCH3 is 1. The zero-order chi connectivity index (χ0) is 9.42. The van der Waals surface area contributed by atoms with Gasteiger partial charge in [0.1, 0.15) is 5.75 Å². The highest BCUT2D eigenvalue weighted by Gasteiger charge is 2.18. The minimum atomic E-state index is 0.758. The van der Waals surface area contributed by atoms with Crippen LogP contribution in [0.1, 0.15) is 16.7 Å². The SMILES string of the molecule is COc1cc(C)c2c(c1Cl)CNC2. The Kier molecular flexibility index (Phi) is 2.18. The average molecular weight is 198 g/mol. The van der Waals surface area contributed by atoms with Crippen LogP contribution in [0.2, 0.25) is 5.02 Å². The number of ether oxygens (including phenoxy) is 1. The molecule has 2 rings (SSSR count). The fourth-order valence-corrected chi connectivity index (χ4v) is 2.07. The molecular weight excluding hydrogens is 186 g/mol. The normalized spacial score (nSPS) is 14.4. The minimum Gasteiger partial charge on any atom is -0.495 e. The van der Waals surface area contributed by atoms with Crippen molar-refractivity contribution in [2.75, 3.05) is 7.11 Å². The minimum absolute atomic E-state index is 0.758. The first-order valence-corrected chi connectivity index (χ1v) is 4.67. The van der Waals surface area contributed by atoms with Gasteiger partial charge in [-0.15, -0.1) is 0 Å². The van der Waals surface area contributed by atoms with E-state index in [1.54, 1.807) is 7.11 Å². The summed E-state index contributed by atoms with van der Waals surface area (Å²) in [5, 5.41) is 4.04. The molecule has 0 atom stereocenters. The maximum absolute atomic E-state index is 6.16. The predicted molar refractivity (Wildman–Crippen MR) is 53.3 cm³/mol. The number of hydrogen-bond donors (Lipinski definition) is 1. The van der Waals surface area contributed by atoms with E-state index in [9.17, 15) is 0 Å². The molecule has 0 saturated carbocycles. The van der Waals surface area contributed by atoms with E-state index in [0.717, 1.165) is 23.9 Å². The van der Waals surface area contributed by atoms with Gasteiger partial charge in [0.05, 0.1) is 12.1 Å². The van der Waals surface area contributed by atoms with Crippen LogP contribution in [-0.4, -0.2) is 7.11 Å². The molecule has 70 valence electrons. The fraction of sp³-hybridized carbons (Fsp3) is 0.400. The Balaban J connectivity index is 2.62. The lowest BCUT2D eigenvalue weighted by Crippen LogP contribution is -2.00. The topological polar surface area (TPSA) is 21.3 Å². The summed E-state index contributed by atoms with van der Waals surface area (Å²) >= 11 is 6.16. The number of rotatable bonds is 1. The van der Waals surface area contributed by atoms with Crippen molar-refractivity contribution in [1.82, 2.24) is 5.32 Å². The van der Waals surface area contributed by atoms with Crippen molar-refractivity contribution in [3.05, 3.63) is 27.8 Å². The number of benzene rings is 1. The van der Waals surface area contributed by atoms with Gasteiger partial charge in [-0.05, 0) is 29.7 Å². The molecule has 0 aromatic heterocycles. The van der Waals surface area contributed by atoms with Gasteiger partial charge < -0.3 is 10.1 Å². The second kappa shape index (κ2) is 3.20. The number of fused-ring (bicyclic) bond motifs is 1. The predicted octanol–water partition coefficient (Wildman–Crippen LogP) is 2.26. The monoisotopic (exact) mass is 197 g/mol. The molecule has 1 N–H and O–H groups in total. The Morgan fingerprint density at radius 1 is 1.38 bits per heavy atom. The zero-order valence-corrected chi connectivity index (χ0v) is 8.53. The lowest BCUT2D eigenvalue weighted by atomic mass is 10.0. The lowest BCUT2D eigenvalue weighted by molar-refractivity contribution is 0.414. The van der Waals surface area contributed by atoms with Crippen molar-refractivity contribution in [3.63, 3.8) is 0 Å². The van der Waals surface area contributed by atoms with E-state index in [1.165, 1.54) is 16.7 Å². The van der Waals surface area contributed by atoms with Crippen molar-refractivity contribution in [1.29, 1.82) is 0 Å². The summed E-state index contributed by atoms with van der Waals surface area (Å²) in [7, 11) is 1.65. The molecule has 0 unspecified atom stereocenters. The summed E-state index contributed by atoms with van der Waals surface area (Å²) in [5.41, 5.74) is 3.77. The van der Waals surface area contributed by atoms with Gasteiger partial charge in [-0.2, -0.15) is 0 Å². The highest BCUT2D eigenvalue weighted by molar-refractivity contribution is 6.33. The van der Waals surface area contributed by atoms with Crippen LogP contribution >= 0.6 is 11.6 Å². The van der Waals surface area contributed by atoms with E-state index in [2.05, 4.69) is 12.2 Å². The maximum Gasteiger partial charge on any atom is 0.138 e. The highest BCUT2D eigenvalue weighted by Crippen LogP contribution is 2.35. The molecule has 2 nitrogen and oxygen atoms in total. The van der Waals surface area contributed by atoms with E-state index in [-0.39, 0.29) is 0 Å². The Morgan fingerprint density at radius 2 is 2.08 bits per heavy atom. The number of nitrogens with one attached hydrogen (secondary N) is 1. The standard InChI is InChI=1S/C10H12ClNO/c1-6-3-9(13-2)10(11)8-5-12-4-7(6)8/h3,12H,4-5H2,1-2H3. The first-order valence-electron chi connectivity index (χ1n) is 4.29. The van der Waals surface area contributed by atoms with Crippen molar-refractivity contribution in [3.8, 4) is 5.75 Å². The molecule has 1 aliphatic rings. The summed E-state index contributed by atoms with van der Waals surface area (Å²) in [5.74, 6) is 0.779. The molecule has 0 spiro atoms. The molecule has 1 aromatic rings. The number of hydrogen-bond acceptors (Lipinski definition) is 2. The molecular formula is C10H12ClNO. The highest BCUT2D eigenvalue weighted by atomic mass is 35.5. The molecule has 0 radical (unpaired) electrons. The first kappa shape index (κ1) is 8.85. The second-order valence-electron chi connectivity index (χ2n) is 3.27. The van der Waals surface area contributed by atoms with Crippen LogP contribution < -0.4 is 10.1 Å². The third-order valence-electron chi connectivity index (χ3n) is 2.49. The van der Waals surface area contributed by atoms with Gasteiger partial charge in [-0.3, -0.25) is 0 Å². The molecule has 0 aliphatic carbocycles. The maximum atomic E-state index is 6.16. The van der Waals surface area contributed by atoms with Gasteiger partial charge in [0.2, 0.25) is 0 Å². The molecule has 1 aromatic carbocycles. The van der Waals surface area contributed by atoms with E-state index >= 15 is 0 Å². The summed E-state index contributed by atoms with van der Waals surface area (Å²) in [6.07, 6.45) is 0. The Hall–Kier alpha value is -0.730. The Morgan fingerprint density at radius 3 is 2.77 bits per heavy atom. The zero-order valence-electron chi connectivity index (χ0n) is 7.78. The van der Waals surface area contributed by atoms with Crippen molar-refractivity contribution in [2.45, 2.75) is 20.0 Å². The third-order valence-corrected chi connectivity index (χ3v) is 2.91. The van der Waals surface area contributed by atoms with Crippen LogP contribution in [-0.2, 0) is 13.1 Å². The summed E-state index contributed by atoms with van der Waals surface area (Å²) in [6, 6.07) is 1.99. The van der Waals surface area contributed by atoms with E-state index in [1.807, 2.05) is 6.07 Å². The number of halogens is 1. The van der Waals surface area contributed by atoms with Crippen LogP contribution in [0.15, 0.2) is 6.07 Å².